The van der Waals surface area contributed by atoms with Crippen LogP contribution in [-0.4, -0.2) is 35.8 Å². The molecule has 0 saturated heterocycles. The minimum atomic E-state index is -0.882. The van der Waals surface area contributed by atoms with E-state index in [0.29, 0.717) is 17.8 Å². The Morgan fingerprint density at radius 3 is 2.21 bits per heavy atom. The molecule has 8 nitrogen and oxygen atoms in total. The van der Waals surface area contributed by atoms with Crippen molar-refractivity contribution < 1.29 is 28.2 Å². The molecule has 150 valence electrons. The third kappa shape index (κ3) is 3.79. The third-order valence-corrected chi connectivity index (χ3v) is 4.42. The van der Waals surface area contributed by atoms with Crippen molar-refractivity contribution in [3.63, 3.8) is 0 Å². The molecule has 0 saturated carbocycles. The van der Waals surface area contributed by atoms with E-state index in [9.17, 15) is 24.0 Å². The molecule has 2 heterocycles. The zero-order valence-electron chi connectivity index (χ0n) is 15.8. The number of imide groups is 1. The molecular formula is C20H18FN3O5. The maximum atomic E-state index is 13.2. The van der Waals surface area contributed by atoms with Gasteiger partial charge in [0.25, 0.3) is 5.91 Å². The fourth-order valence-corrected chi connectivity index (χ4v) is 2.93. The Morgan fingerprint density at radius 2 is 1.66 bits per heavy atom. The SMILES string of the molecule is CCN(CC)C1=C(OC(=O)c2cc[n+]([O-])cc2)C(=O)N(c2ccc(F)cc2)C1=O. The van der Waals surface area contributed by atoms with E-state index in [1.807, 2.05) is 0 Å². The van der Waals surface area contributed by atoms with Crippen LogP contribution in [0.4, 0.5) is 10.1 Å². The second-order valence-corrected chi connectivity index (χ2v) is 6.11. The number of pyridine rings is 1. The van der Waals surface area contributed by atoms with Gasteiger partial charge in [-0.3, -0.25) is 9.59 Å². The van der Waals surface area contributed by atoms with Gasteiger partial charge in [-0.2, -0.15) is 4.73 Å². The number of amides is 2. The molecule has 2 aromatic rings. The molecule has 1 aromatic carbocycles. The van der Waals surface area contributed by atoms with Crippen LogP contribution in [0.5, 0.6) is 0 Å². The van der Waals surface area contributed by atoms with Crippen molar-refractivity contribution in [3.05, 3.63) is 76.8 Å². The van der Waals surface area contributed by atoms with Crippen molar-refractivity contribution in [2.45, 2.75) is 13.8 Å². The first-order valence-corrected chi connectivity index (χ1v) is 8.92. The number of halogens is 1. The second kappa shape index (κ2) is 8.09. The highest BCUT2D eigenvalue weighted by Crippen LogP contribution is 2.30. The number of nitrogens with zero attached hydrogens (tertiary/aromatic N) is 3. The number of aromatic nitrogens is 1. The van der Waals surface area contributed by atoms with E-state index >= 15 is 0 Å². The largest absolute Gasteiger partial charge is 0.619 e. The van der Waals surface area contributed by atoms with Crippen LogP contribution in [0.15, 0.2) is 60.2 Å². The summed E-state index contributed by atoms with van der Waals surface area (Å²) in [6.07, 6.45) is 2.23. The van der Waals surface area contributed by atoms with Crippen molar-refractivity contribution in [3.8, 4) is 0 Å². The number of carbonyl (C=O) groups is 3. The maximum absolute atomic E-state index is 13.2. The van der Waals surface area contributed by atoms with Gasteiger partial charge < -0.3 is 14.8 Å². The molecular weight excluding hydrogens is 381 g/mol. The molecule has 0 fully saturated rings. The van der Waals surface area contributed by atoms with E-state index in [-0.39, 0.29) is 16.9 Å². The molecule has 0 spiro atoms. The summed E-state index contributed by atoms with van der Waals surface area (Å²) in [5, 5.41) is 11.1. The number of carbonyl (C=O) groups excluding carboxylic acids is 3. The molecule has 1 aliphatic rings. The average molecular weight is 399 g/mol. The average Bonchev–Trinajstić information content (AvgIpc) is 2.95. The smallest absolute Gasteiger partial charge is 0.344 e. The number of rotatable bonds is 6. The molecule has 0 unspecified atom stereocenters. The van der Waals surface area contributed by atoms with Crippen LogP contribution in [0.25, 0.3) is 0 Å². The van der Waals surface area contributed by atoms with Gasteiger partial charge in [0.1, 0.15) is 5.82 Å². The number of hydrogen-bond donors (Lipinski definition) is 0. The van der Waals surface area contributed by atoms with Crippen molar-refractivity contribution in [2.75, 3.05) is 18.0 Å². The van der Waals surface area contributed by atoms with Gasteiger partial charge >= 0.3 is 11.9 Å². The summed E-state index contributed by atoms with van der Waals surface area (Å²) in [6.45, 7) is 4.37. The molecule has 0 atom stereocenters. The number of anilines is 1. The zero-order valence-corrected chi connectivity index (χ0v) is 15.8. The summed E-state index contributed by atoms with van der Waals surface area (Å²) in [5.74, 6) is -3.31. The second-order valence-electron chi connectivity index (χ2n) is 6.11. The third-order valence-electron chi connectivity index (χ3n) is 4.42. The van der Waals surface area contributed by atoms with Crippen LogP contribution in [0.2, 0.25) is 0 Å². The lowest BCUT2D eigenvalue weighted by Crippen LogP contribution is -2.35. The molecule has 1 aromatic heterocycles. The normalized spacial score (nSPS) is 13.8. The van der Waals surface area contributed by atoms with E-state index < -0.39 is 29.4 Å². The summed E-state index contributed by atoms with van der Waals surface area (Å²) in [6, 6.07) is 7.32. The maximum Gasteiger partial charge on any atom is 0.344 e. The number of esters is 1. The Bertz CT molecular complexity index is 982. The summed E-state index contributed by atoms with van der Waals surface area (Å²) >= 11 is 0. The number of hydrogen-bond acceptors (Lipinski definition) is 6. The van der Waals surface area contributed by atoms with Gasteiger partial charge in [0.05, 0.1) is 11.3 Å². The summed E-state index contributed by atoms with van der Waals surface area (Å²) in [4.78, 5) is 40.9. The van der Waals surface area contributed by atoms with Crippen molar-refractivity contribution in [1.29, 1.82) is 0 Å². The highest BCUT2D eigenvalue weighted by molar-refractivity contribution is 6.32. The van der Waals surface area contributed by atoms with E-state index in [2.05, 4.69) is 0 Å². The first-order chi connectivity index (χ1) is 13.9. The van der Waals surface area contributed by atoms with E-state index in [4.69, 9.17) is 4.74 Å². The van der Waals surface area contributed by atoms with E-state index in [0.717, 1.165) is 29.4 Å². The summed E-state index contributed by atoms with van der Waals surface area (Å²) in [5.41, 5.74) is 0.153. The first kappa shape index (κ1) is 20.0. The van der Waals surface area contributed by atoms with Crippen LogP contribution in [-0.2, 0) is 14.3 Å². The quantitative estimate of drug-likeness (QED) is 0.318. The molecule has 2 amide bonds. The number of ether oxygens (including phenoxy) is 1. The van der Waals surface area contributed by atoms with Crippen LogP contribution in [0.3, 0.4) is 0 Å². The zero-order chi connectivity index (χ0) is 21.1. The Balaban J connectivity index is 2.00. The Kier molecular flexibility index (Phi) is 5.58. The Morgan fingerprint density at radius 1 is 1.07 bits per heavy atom. The highest BCUT2D eigenvalue weighted by atomic mass is 19.1. The Hall–Kier alpha value is -3.75. The topological polar surface area (TPSA) is 93.9 Å². The molecule has 3 rings (SSSR count). The van der Waals surface area contributed by atoms with Gasteiger partial charge in [0.15, 0.2) is 18.1 Å². The van der Waals surface area contributed by atoms with E-state index in [1.165, 1.54) is 24.3 Å². The highest BCUT2D eigenvalue weighted by Gasteiger charge is 2.44. The fraction of sp³-hybridized carbons (Fsp3) is 0.200. The van der Waals surface area contributed by atoms with E-state index in [1.54, 1.807) is 18.7 Å². The first-order valence-electron chi connectivity index (χ1n) is 8.92. The monoisotopic (exact) mass is 399 g/mol. The van der Waals surface area contributed by atoms with Crippen LogP contribution >= 0.6 is 0 Å². The predicted octanol–water partition coefficient (Wildman–Crippen LogP) is 1.74. The van der Waals surface area contributed by atoms with Gasteiger partial charge in [-0.25, -0.2) is 14.1 Å². The van der Waals surface area contributed by atoms with Crippen LogP contribution in [0.1, 0.15) is 24.2 Å². The van der Waals surface area contributed by atoms with Crippen molar-refractivity contribution >= 4 is 23.5 Å². The van der Waals surface area contributed by atoms with Crippen molar-refractivity contribution in [1.82, 2.24) is 4.90 Å². The van der Waals surface area contributed by atoms with Crippen LogP contribution < -0.4 is 9.63 Å². The fourth-order valence-electron chi connectivity index (χ4n) is 2.93. The molecule has 29 heavy (non-hydrogen) atoms. The summed E-state index contributed by atoms with van der Waals surface area (Å²) < 4.78 is 19.0. The number of likely N-dealkylation sites (N-methyl/N-ethyl adjacent to an activating group) is 1. The molecule has 1 aliphatic heterocycles. The molecule has 9 heteroatoms. The standard InChI is InChI=1S/C20H18FN3O5/c1-3-22(4-2)16-17(29-20(27)13-9-11-23(28)12-10-13)19(26)24(18(16)25)15-7-5-14(21)6-8-15/h5-12H,3-4H2,1-2H3. The van der Waals surface area contributed by atoms with Gasteiger partial charge in [-0.1, -0.05) is 0 Å². The minimum absolute atomic E-state index is 0.0454. The van der Waals surface area contributed by atoms with Gasteiger partial charge in [0, 0.05) is 25.2 Å². The lowest BCUT2D eigenvalue weighted by molar-refractivity contribution is -0.605. The van der Waals surface area contributed by atoms with Gasteiger partial charge in [-0.15, -0.1) is 0 Å². The van der Waals surface area contributed by atoms with Crippen LogP contribution in [0, 0.1) is 11.0 Å². The lowest BCUT2D eigenvalue weighted by atomic mass is 10.2. The minimum Gasteiger partial charge on any atom is -0.619 e. The van der Waals surface area contributed by atoms with Gasteiger partial charge in [-0.05, 0) is 38.1 Å². The number of benzene rings is 1. The Labute approximate surface area is 166 Å². The molecule has 0 bridgehead atoms. The molecule has 0 N–H and O–H groups in total. The lowest BCUT2D eigenvalue weighted by Gasteiger charge is -2.22. The summed E-state index contributed by atoms with van der Waals surface area (Å²) in [7, 11) is 0. The predicted molar refractivity (Wildman–Crippen MR) is 99.7 cm³/mol. The molecule has 0 aliphatic carbocycles. The van der Waals surface area contributed by atoms with Crippen molar-refractivity contribution in [2.24, 2.45) is 0 Å². The molecule has 0 radical (unpaired) electrons. The van der Waals surface area contributed by atoms with Gasteiger partial charge in [0.2, 0.25) is 5.76 Å².